The predicted molar refractivity (Wildman–Crippen MR) is 50.9 cm³/mol. The summed E-state index contributed by atoms with van der Waals surface area (Å²) in [6.45, 7) is 3.62. The molecule has 0 saturated carbocycles. The van der Waals surface area contributed by atoms with Gasteiger partial charge in [0.05, 0.1) is 5.56 Å². The highest BCUT2D eigenvalue weighted by molar-refractivity contribution is 6.33. The second-order valence-corrected chi connectivity index (χ2v) is 3.50. The van der Waals surface area contributed by atoms with Gasteiger partial charge in [-0.15, -0.1) is 0 Å². The van der Waals surface area contributed by atoms with Crippen LogP contribution >= 0.6 is 0 Å². The van der Waals surface area contributed by atoms with Gasteiger partial charge >= 0.3 is 6.18 Å². The highest BCUT2D eigenvalue weighted by atomic mass is 19.4. The number of hydrogen-bond acceptors (Lipinski definition) is 0. The summed E-state index contributed by atoms with van der Waals surface area (Å²) >= 11 is 0. The van der Waals surface area contributed by atoms with Crippen molar-refractivity contribution in [3.8, 4) is 0 Å². The lowest BCUT2D eigenvalue weighted by molar-refractivity contribution is -0.137. The van der Waals surface area contributed by atoms with E-state index in [0.29, 0.717) is 11.0 Å². The lowest BCUT2D eigenvalue weighted by Crippen LogP contribution is -2.15. The fraction of sp³-hybridized carbons (Fsp3) is 0.400. The molecule has 0 amide bonds. The molecule has 1 aromatic carbocycles. The van der Waals surface area contributed by atoms with Crippen LogP contribution in [0.15, 0.2) is 18.2 Å². The number of hydrogen-bond donors (Lipinski definition) is 0. The second kappa shape index (κ2) is 3.68. The van der Waals surface area contributed by atoms with Crippen LogP contribution in [0.4, 0.5) is 13.2 Å². The molecule has 1 aromatic rings. The van der Waals surface area contributed by atoms with Crippen LogP contribution in [-0.2, 0) is 6.18 Å². The molecule has 1 rings (SSSR count). The zero-order valence-electron chi connectivity index (χ0n) is 8.02. The maximum absolute atomic E-state index is 12.3. The van der Waals surface area contributed by atoms with Gasteiger partial charge in [0.25, 0.3) is 0 Å². The topological polar surface area (TPSA) is 0 Å². The van der Waals surface area contributed by atoms with E-state index in [-0.39, 0.29) is 5.92 Å². The first-order valence-electron chi connectivity index (χ1n) is 4.29. The maximum atomic E-state index is 12.3. The van der Waals surface area contributed by atoms with Gasteiger partial charge in [0.1, 0.15) is 7.85 Å². The maximum Gasteiger partial charge on any atom is 0.416 e. The summed E-state index contributed by atoms with van der Waals surface area (Å²) < 4.78 is 37.0. The summed E-state index contributed by atoms with van der Waals surface area (Å²) in [6.07, 6.45) is -4.29. The molecule has 0 bridgehead atoms. The Morgan fingerprint density at radius 1 is 1.21 bits per heavy atom. The van der Waals surface area contributed by atoms with Crippen LogP contribution in [0.1, 0.15) is 30.9 Å². The van der Waals surface area contributed by atoms with Gasteiger partial charge in [-0.25, -0.2) is 0 Å². The van der Waals surface area contributed by atoms with E-state index < -0.39 is 11.7 Å². The molecule has 0 heterocycles. The third kappa shape index (κ3) is 2.31. The zero-order valence-corrected chi connectivity index (χ0v) is 8.02. The number of rotatable bonds is 1. The average Bonchev–Trinajstić information content (AvgIpc) is 2.02. The number of alkyl halides is 3. The normalized spacial score (nSPS) is 12.1. The largest absolute Gasteiger partial charge is 0.416 e. The molecule has 0 aliphatic carbocycles. The van der Waals surface area contributed by atoms with E-state index in [4.69, 9.17) is 7.85 Å². The van der Waals surface area contributed by atoms with Crippen molar-refractivity contribution >= 4 is 13.3 Å². The molecule has 2 radical (unpaired) electrons. The van der Waals surface area contributed by atoms with Crippen LogP contribution in [0, 0.1) is 0 Å². The molecule has 0 aromatic heterocycles. The molecule has 0 aliphatic heterocycles. The monoisotopic (exact) mass is 198 g/mol. The van der Waals surface area contributed by atoms with Crippen molar-refractivity contribution in [3.05, 3.63) is 29.3 Å². The zero-order chi connectivity index (χ0) is 10.9. The van der Waals surface area contributed by atoms with E-state index in [2.05, 4.69) is 0 Å². The first-order chi connectivity index (χ1) is 6.32. The van der Waals surface area contributed by atoms with Crippen molar-refractivity contribution in [2.75, 3.05) is 0 Å². The van der Waals surface area contributed by atoms with Gasteiger partial charge in [0.2, 0.25) is 0 Å². The number of benzene rings is 1. The van der Waals surface area contributed by atoms with E-state index in [1.54, 1.807) is 0 Å². The molecule has 0 N–H and O–H groups in total. The van der Waals surface area contributed by atoms with Crippen LogP contribution < -0.4 is 5.46 Å². The van der Waals surface area contributed by atoms with Gasteiger partial charge in [-0.2, -0.15) is 13.2 Å². The molecular weight excluding hydrogens is 188 g/mol. The summed E-state index contributed by atoms with van der Waals surface area (Å²) in [5.41, 5.74) is 0.309. The predicted octanol–water partition coefficient (Wildman–Crippen LogP) is 2.62. The van der Waals surface area contributed by atoms with Gasteiger partial charge in [-0.1, -0.05) is 37.0 Å². The Morgan fingerprint density at radius 2 is 1.79 bits per heavy atom. The van der Waals surface area contributed by atoms with Crippen LogP contribution in [0.2, 0.25) is 0 Å². The number of halogens is 3. The Balaban J connectivity index is 3.20. The molecule has 74 valence electrons. The molecule has 0 atom stereocenters. The van der Waals surface area contributed by atoms with Crippen molar-refractivity contribution in [1.82, 2.24) is 0 Å². The fourth-order valence-corrected chi connectivity index (χ4v) is 1.25. The summed E-state index contributed by atoms with van der Waals surface area (Å²) in [7, 11) is 5.57. The Kier molecular flexibility index (Phi) is 2.93. The SMILES string of the molecule is [B]c1ccc(C(F)(F)F)cc1C(C)C. The minimum atomic E-state index is -4.29. The van der Waals surface area contributed by atoms with Gasteiger partial charge in [-0.05, 0) is 12.0 Å². The first kappa shape index (κ1) is 11.2. The third-order valence-corrected chi connectivity index (χ3v) is 2.04. The Bertz CT molecular complexity index is 329. The first-order valence-corrected chi connectivity index (χ1v) is 4.29. The second-order valence-electron chi connectivity index (χ2n) is 3.50. The lowest BCUT2D eigenvalue weighted by Gasteiger charge is -2.13. The summed E-state index contributed by atoms with van der Waals surface area (Å²) in [6, 6.07) is 3.42. The Morgan fingerprint density at radius 3 is 2.21 bits per heavy atom. The van der Waals surface area contributed by atoms with E-state index in [1.807, 2.05) is 13.8 Å². The molecule has 0 spiro atoms. The van der Waals surface area contributed by atoms with E-state index in [9.17, 15) is 13.2 Å². The highest BCUT2D eigenvalue weighted by Crippen LogP contribution is 2.30. The molecular formula is C10H10BF3. The van der Waals surface area contributed by atoms with E-state index >= 15 is 0 Å². The molecule has 0 unspecified atom stereocenters. The van der Waals surface area contributed by atoms with E-state index in [1.165, 1.54) is 6.07 Å². The van der Waals surface area contributed by atoms with Crippen molar-refractivity contribution in [2.24, 2.45) is 0 Å². The van der Waals surface area contributed by atoms with Crippen LogP contribution in [0.3, 0.4) is 0 Å². The summed E-state index contributed by atoms with van der Waals surface area (Å²) in [5.74, 6) is -0.00250. The minimum Gasteiger partial charge on any atom is -0.166 e. The standard InChI is InChI=1S/C10H10BF3/c1-6(2)8-5-7(10(12,13)14)3-4-9(8)11/h3-6H,1-2H3. The smallest absolute Gasteiger partial charge is 0.166 e. The van der Waals surface area contributed by atoms with Gasteiger partial charge < -0.3 is 0 Å². The molecule has 0 aliphatic rings. The van der Waals surface area contributed by atoms with Crippen molar-refractivity contribution < 1.29 is 13.2 Å². The average molecular weight is 198 g/mol. The van der Waals surface area contributed by atoms with Crippen LogP contribution in [0.25, 0.3) is 0 Å². The minimum absolute atomic E-state index is 0.00250. The Hall–Kier alpha value is -0.925. The van der Waals surface area contributed by atoms with Crippen molar-refractivity contribution in [1.29, 1.82) is 0 Å². The molecule has 14 heavy (non-hydrogen) atoms. The fourth-order valence-electron chi connectivity index (χ4n) is 1.25. The van der Waals surface area contributed by atoms with Gasteiger partial charge in [-0.3, -0.25) is 0 Å². The quantitative estimate of drug-likeness (QED) is 0.608. The third-order valence-electron chi connectivity index (χ3n) is 2.04. The summed E-state index contributed by atoms with van der Waals surface area (Å²) in [5, 5.41) is 0. The van der Waals surface area contributed by atoms with Crippen molar-refractivity contribution in [3.63, 3.8) is 0 Å². The highest BCUT2D eigenvalue weighted by Gasteiger charge is 2.30. The molecule has 0 fully saturated rings. The van der Waals surface area contributed by atoms with Gasteiger partial charge in [0, 0.05) is 0 Å². The van der Waals surface area contributed by atoms with Gasteiger partial charge in [0.15, 0.2) is 0 Å². The van der Waals surface area contributed by atoms with Crippen LogP contribution in [0.5, 0.6) is 0 Å². The molecule has 0 nitrogen and oxygen atoms in total. The van der Waals surface area contributed by atoms with Crippen LogP contribution in [-0.4, -0.2) is 7.85 Å². The summed E-state index contributed by atoms with van der Waals surface area (Å²) in [4.78, 5) is 0. The Labute approximate surface area is 82.5 Å². The van der Waals surface area contributed by atoms with E-state index in [0.717, 1.165) is 12.1 Å². The van der Waals surface area contributed by atoms with Crippen molar-refractivity contribution in [2.45, 2.75) is 25.9 Å². The molecule has 0 saturated heterocycles. The molecule has 4 heteroatoms. The lowest BCUT2D eigenvalue weighted by atomic mass is 9.84.